The molecule has 1 aliphatic rings. The molecule has 2 rings (SSSR count). The number of ether oxygens (including phenoxy) is 1. The predicted molar refractivity (Wildman–Crippen MR) is 96.9 cm³/mol. The molecule has 0 radical (unpaired) electrons. The van der Waals surface area contributed by atoms with Gasteiger partial charge >= 0.3 is 0 Å². The Labute approximate surface area is 153 Å². The lowest BCUT2D eigenvalue weighted by atomic mass is 10.0. The van der Waals surface area contributed by atoms with Crippen LogP contribution in [0.2, 0.25) is 0 Å². The third-order valence-corrected chi connectivity index (χ3v) is 4.22. The summed E-state index contributed by atoms with van der Waals surface area (Å²) in [6.45, 7) is 3.50. The molecule has 1 atom stereocenters. The Kier molecular flexibility index (Phi) is 6.97. The molecule has 1 aromatic rings. The van der Waals surface area contributed by atoms with E-state index >= 15 is 0 Å². The van der Waals surface area contributed by atoms with Crippen molar-refractivity contribution in [3.63, 3.8) is 0 Å². The molecule has 4 N–H and O–H groups in total. The number of amides is 3. The maximum Gasteiger partial charge on any atom is 0.258 e. The summed E-state index contributed by atoms with van der Waals surface area (Å²) in [6.07, 6.45) is 0.594. The van der Waals surface area contributed by atoms with E-state index in [1.165, 1.54) is 11.9 Å². The molecule has 1 heterocycles. The van der Waals surface area contributed by atoms with E-state index in [0.717, 1.165) is 5.56 Å². The lowest BCUT2D eigenvalue weighted by Crippen LogP contribution is -2.58. The zero-order valence-electron chi connectivity index (χ0n) is 15.2. The highest BCUT2D eigenvalue weighted by atomic mass is 16.5. The number of nitrogens with zero attached hydrogens (tertiary/aromatic N) is 1. The Morgan fingerprint density at radius 3 is 2.88 bits per heavy atom. The van der Waals surface area contributed by atoms with Gasteiger partial charge in [0.05, 0.1) is 18.6 Å². The average molecular weight is 362 g/mol. The van der Waals surface area contributed by atoms with Gasteiger partial charge in [-0.3, -0.25) is 14.4 Å². The van der Waals surface area contributed by atoms with Gasteiger partial charge in [0, 0.05) is 20.1 Å². The molecular weight excluding hydrogens is 336 g/mol. The normalized spacial score (nSPS) is 16.8. The van der Waals surface area contributed by atoms with Crippen LogP contribution in [0.15, 0.2) is 18.2 Å². The van der Waals surface area contributed by atoms with Crippen molar-refractivity contribution < 1.29 is 19.1 Å². The zero-order chi connectivity index (χ0) is 19.1. The van der Waals surface area contributed by atoms with Gasteiger partial charge in [-0.2, -0.15) is 0 Å². The Balaban J connectivity index is 2.27. The Hall–Kier alpha value is -2.61. The quantitative estimate of drug-likeness (QED) is 0.581. The molecule has 3 amide bonds. The third-order valence-electron chi connectivity index (χ3n) is 4.22. The van der Waals surface area contributed by atoms with E-state index in [1.807, 2.05) is 13.0 Å². The molecule has 0 aromatic heterocycles. The minimum atomic E-state index is -0.839. The van der Waals surface area contributed by atoms with Crippen LogP contribution in [0.25, 0.3) is 0 Å². The fourth-order valence-corrected chi connectivity index (χ4v) is 2.78. The van der Waals surface area contributed by atoms with Gasteiger partial charge in [-0.05, 0) is 37.6 Å². The van der Waals surface area contributed by atoms with Gasteiger partial charge < -0.3 is 26.0 Å². The summed E-state index contributed by atoms with van der Waals surface area (Å²) in [6, 6.07) is 4.47. The Morgan fingerprint density at radius 1 is 1.42 bits per heavy atom. The maximum atomic E-state index is 13.1. The molecule has 1 saturated heterocycles. The largest absolute Gasteiger partial charge is 0.493 e. The van der Waals surface area contributed by atoms with Crippen molar-refractivity contribution in [3.05, 3.63) is 29.3 Å². The molecule has 8 nitrogen and oxygen atoms in total. The van der Waals surface area contributed by atoms with Crippen molar-refractivity contribution >= 4 is 17.7 Å². The highest BCUT2D eigenvalue weighted by molar-refractivity contribution is 6.01. The number of aryl methyl sites for hydroxylation is 1. The van der Waals surface area contributed by atoms with Gasteiger partial charge in [0.1, 0.15) is 11.8 Å². The molecule has 0 unspecified atom stereocenters. The first-order valence-corrected chi connectivity index (χ1v) is 8.70. The lowest BCUT2D eigenvalue weighted by molar-refractivity contribution is -0.132. The van der Waals surface area contributed by atoms with Crippen molar-refractivity contribution in [2.45, 2.75) is 25.8 Å². The van der Waals surface area contributed by atoms with Crippen molar-refractivity contribution in [1.29, 1.82) is 0 Å². The van der Waals surface area contributed by atoms with Gasteiger partial charge in [-0.15, -0.1) is 0 Å². The molecule has 0 aliphatic carbocycles. The van der Waals surface area contributed by atoms with Gasteiger partial charge in [0.2, 0.25) is 11.8 Å². The van der Waals surface area contributed by atoms with Crippen LogP contribution in [0.1, 0.15) is 28.8 Å². The van der Waals surface area contributed by atoms with Crippen LogP contribution < -0.4 is 21.1 Å². The molecule has 142 valence electrons. The summed E-state index contributed by atoms with van der Waals surface area (Å²) in [5.74, 6) is -0.483. The van der Waals surface area contributed by atoms with Crippen molar-refractivity contribution in [3.8, 4) is 5.75 Å². The molecule has 0 saturated carbocycles. The molecule has 0 spiro atoms. The summed E-state index contributed by atoms with van der Waals surface area (Å²) >= 11 is 0. The van der Waals surface area contributed by atoms with E-state index in [2.05, 4.69) is 10.6 Å². The van der Waals surface area contributed by atoms with Crippen LogP contribution in [0.4, 0.5) is 0 Å². The highest BCUT2D eigenvalue weighted by Crippen LogP contribution is 2.24. The van der Waals surface area contributed by atoms with Crippen LogP contribution >= 0.6 is 0 Å². The second-order valence-corrected chi connectivity index (χ2v) is 6.17. The van der Waals surface area contributed by atoms with Crippen LogP contribution in [-0.4, -0.2) is 62.0 Å². The number of carbonyl (C=O) groups excluding carboxylic acids is 3. The van der Waals surface area contributed by atoms with Crippen molar-refractivity contribution in [2.24, 2.45) is 5.73 Å². The number of benzene rings is 1. The molecule has 0 bridgehead atoms. The van der Waals surface area contributed by atoms with E-state index in [0.29, 0.717) is 44.0 Å². The van der Waals surface area contributed by atoms with Crippen molar-refractivity contribution in [1.82, 2.24) is 15.5 Å². The number of carbonyl (C=O) groups is 3. The van der Waals surface area contributed by atoms with Gasteiger partial charge in [-0.25, -0.2) is 0 Å². The second kappa shape index (κ2) is 9.19. The number of piperazine rings is 1. The summed E-state index contributed by atoms with van der Waals surface area (Å²) in [5, 5.41) is 5.20. The first-order valence-electron chi connectivity index (χ1n) is 8.70. The Morgan fingerprint density at radius 2 is 2.19 bits per heavy atom. The molecule has 1 aromatic carbocycles. The van der Waals surface area contributed by atoms with Crippen molar-refractivity contribution in [2.75, 3.05) is 33.3 Å². The summed E-state index contributed by atoms with van der Waals surface area (Å²) in [7, 11) is 1.50. The highest BCUT2D eigenvalue weighted by Gasteiger charge is 2.35. The summed E-state index contributed by atoms with van der Waals surface area (Å²) < 4.78 is 5.73. The van der Waals surface area contributed by atoms with E-state index < -0.39 is 6.04 Å². The minimum absolute atomic E-state index is 0.0801. The topological polar surface area (TPSA) is 114 Å². The summed E-state index contributed by atoms with van der Waals surface area (Å²) in [4.78, 5) is 38.5. The SMILES string of the molecule is CNC(=O)C[C@H]1C(=O)NCCN1C(=O)c1ccc(C)cc1OCCCN. The lowest BCUT2D eigenvalue weighted by Gasteiger charge is -2.35. The smallest absolute Gasteiger partial charge is 0.258 e. The van der Waals surface area contributed by atoms with Crippen LogP contribution in [0.5, 0.6) is 5.75 Å². The maximum absolute atomic E-state index is 13.1. The van der Waals surface area contributed by atoms with E-state index in [-0.39, 0.29) is 24.1 Å². The van der Waals surface area contributed by atoms with Gasteiger partial charge in [0.25, 0.3) is 5.91 Å². The molecule has 1 fully saturated rings. The standard InChI is InChI=1S/C18H26N4O4/c1-12-4-5-13(15(10-12)26-9-3-6-19)18(25)22-8-7-21-17(24)14(22)11-16(23)20-2/h4-5,10,14H,3,6-9,11,19H2,1-2H3,(H,20,23)(H,21,24)/t14-/m0/s1. The Bertz CT molecular complexity index is 677. The van der Waals surface area contributed by atoms with E-state index in [4.69, 9.17) is 10.5 Å². The van der Waals surface area contributed by atoms with E-state index in [9.17, 15) is 14.4 Å². The van der Waals surface area contributed by atoms with Gasteiger partial charge in [0.15, 0.2) is 0 Å². The fraction of sp³-hybridized carbons (Fsp3) is 0.500. The number of hydrogen-bond donors (Lipinski definition) is 3. The molecule has 1 aliphatic heterocycles. The van der Waals surface area contributed by atoms with Gasteiger partial charge in [-0.1, -0.05) is 6.07 Å². The number of hydrogen-bond acceptors (Lipinski definition) is 5. The number of rotatable bonds is 7. The monoisotopic (exact) mass is 362 g/mol. The van der Waals surface area contributed by atoms with Crippen LogP contribution in [0.3, 0.4) is 0 Å². The summed E-state index contributed by atoms with van der Waals surface area (Å²) in [5.41, 5.74) is 6.83. The fourth-order valence-electron chi connectivity index (χ4n) is 2.78. The predicted octanol–water partition coefficient (Wildman–Crippen LogP) is -0.201. The molecule has 26 heavy (non-hydrogen) atoms. The zero-order valence-corrected chi connectivity index (χ0v) is 15.2. The minimum Gasteiger partial charge on any atom is -0.493 e. The van der Waals surface area contributed by atoms with Crippen LogP contribution in [-0.2, 0) is 9.59 Å². The number of nitrogens with one attached hydrogen (secondary N) is 2. The third kappa shape index (κ3) is 4.72. The average Bonchev–Trinajstić information content (AvgIpc) is 2.63. The first kappa shape index (κ1) is 19.7. The van der Waals surface area contributed by atoms with E-state index in [1.54, 1.807) is 12.1 Å². The second-order valence-electron chi connectivity index (χ2n) is 6.17. The molecule has 8 heteroatoms. The number of nitrogens with two attached hydrogens (primary N) is 1. The van der Waals surface area contributed by atoms with Crippen LogP contribution in [0, 0.1) is 6.92 Å². The molecular formula is C18H26N4O4. The first-order chi connectivity index (χ1) is 12.5.